The maximum Gasteiger partial charge on any atom is 0.232 e. The molecule has 1 aliphatic carbocycles. The molecule has 2 atom stereocenters. The summed E-state index contributed by atoms with van der Waals surface area (Å²) in [7, 11) is 1.68. The molecule has 2 unspecified atom stereocenters. The molecule has 1 aromatic heterocycles. The molecule has 1 heterocycles. The van der Waals surface area contributed by atoms with Crippen molar-refractivity contribution in [2.45, 2.75) is 76.4 Å². The molecule has 20 heavy (non-hydrogen) atoms. The highest BCUT2D eigenvalue weighted by Crippen LogP contribution is 2.34. The van der Waals surface area contributed by atoms with E-state index in [0.717, 1.165) is 38.5 Å². The van der Waals surface area contributed by atoms with Crippen molar-refractivity contribution in [2.24, 2.45) is 0 Å². The zero-order valence-electron chi connectivity index (χ0n) is 12.8. The summed E-state index contributed by atoms with van der Waals surface area (Å²) in [6, 6.07) is 0. The van der Waals surface area contributed by atoms with Crippen molar-refractivity contribution in [3.8, 4) is 0 Å². The van der Waals surface area contributed by atoms with Crippen LogP contribution in [0.25, 0.3) is 0 Å². The second kappa shape index (κ2) is 6.68. The topological polar surface area (TPSA) is 68.4 Å². The standard InChI is InChI=1S/C15H26N2O3/c1-4-15(5-2,19-3)14-16-13(20-17-14)11-9-7-6-8-10-12(11)18/h11-12,18H,4-10H2,1-3H3. The molecule has 0 amide bonds. The minimum Gasteiger partial charge on any atom is -0.392 e. The van der Waals surface area contributed by atoms with Crippen LogP contribution in [0.1, 0.15) is 76.4 Å². The van der Waals surface area contributed by atoms with E-state index in [-0.39, 0.29) is 12.0 Å². The Morgan fingerprint density at radius 3 is 2.60 bits per heavy atom. The predicted octanol–water partition coefficient (Wildman–Crippen LogP) is 3.14. The molecule has 0 saturated heterocycles. The SMILES string of the molecule is CCC(CC)(OC)c1noc(C2CCCCCC2O)n1. The van der Waals surface area contributed by atoms with E-state index < -0.39 is 5.60 Å². The number of aromatic nitrogens is 2. The van der Waals surface area contributed by atoms with Crippen LogP contribution >= 0.6 is 0 Å². The van der Waals surface area contributed by atoms with E-state index in [9.17, 15) is 5.11 Å². The van der Waals surface area contributed by atoms with Gasteiger partial charge in [-0.25, -0.2) is 0 Å². The molecule has 1 aliphatic rings. The number of aliphatic hydroxyl groups is 1. The molecule has 5 nitrogen and oxygen atoms in total. The van der Waals surface area contributed by atoms with Crippen molar-refractivity contribution in [1.29, 1.82) is 0 Å². The van der Waals surface area contributed by atoms with Crippen LogP contribution in [0.5, 0.6) is 0 Å². The van der Waals surface area contributed by atoms with Gasteiger partial charge in [0.2, 0.25) is 11.7 Å². The van der Waals surface area contributed by atoms with Gasteiger partial charge in [0.1, 0.15) is 5.60 Å². The van der Waals surface area contributed by atoms with Gasteiger partial charge in [0.15, 0.2) is 0 Å². The highest BCUT2D eigenvalue weighted by atomic mass is 16.5. The molecule has 1 saturated carbocycles. The first kappa shape index (κ1) is 15.4. The molecule has 0 aliphatic heterocycles. The van der Waals surface area contributed by atoms with E-state index in [0.29, 0.717) is 11.7 Å². The zero-order chi connectivity index (χ0) is 14.6. The van der Waals surface area contributed by atoms with Crippen molar-refractivity contribution >= 4 is 0 Å². The molecule has 1 N–H and O–H groups in total. The number of hydrogen-bond donors (Lipinski definition) is 1. The Balaban J connectivity index is 2.23. The summed E-state index contributed by atoms with van der Waals surface area (Å²) in [6.07, 6.45) is 6.31. The molecule has 1 fully saturated rings. The van der Waals surface area contributed by atoms with Crippen LogP contribution in [0.4, 0.5) is 0 Å². The van der Waals surface area contributed by atoms with Crippen LogP contribution in [-0.2, 0) is 10.3 Å². The Labute approximate surface area is 120 Å². The third kappa shape index (κ3) is 2.88. The molecule has 5 heteroatoms. The minimum absolute atomic E-state index is 0.0259. The Bertz CT molecular complexity index is 407. The first-order valence-corrected chi connectivity index (χ1v) is 7.74. The van der Waals surface area contributed by atoms with Gasteiger partial charge >= 0.3 is 0 Å². The number of nitrogens with zero attached hydrogens (tertiary/aromatic N) is 2. The van der Waals surface area contributed by atoms with Crippen LogP contribution in [-0.4, -0.2) is 28.5 Å². The van der Waals surface area contributed by atoms with E-state index >= 15 is 0 Å². The van der Waals surface area contributed by atoms with Crippen LogP contribution in [0, 0.1) is 0 Å². The average Bonchev–Trinajstić information content (AvgIpc) is 2.85. The largest absolute Gasteiger partial charge is 0.392 e. The lowest BCUT2D eigenvalue weighted by Crippen LogP contribution is -2.28. The first-order valence-electron chi connectivity index (χ1n) is 7.74. The zero-order valence-corrected chi connectivity index (χ0v) is 12.8. The first-order chi connectivity index (χ1) is 9.66. The third-order valence-corrected chi connectivity index (χ3v) is 4.68. The fraction of sp³-hybridized carbons (Fsp3) is 0.867. The molecule has 2 rings (SSSR count). The smallest absolute Gasteiger partial charge is 0.232 e. The number of methoxy groups -OCH3 is 1. The summed E-state index contributed by atoms with van der Waals surface area (Å²) < 4.78 is 11.1. The second-order valence-electron chi connectivity index (χ2n) is 5.67. The molecule has 0 bridgehead atoms. The molecule has 0 radical (unpaired) electrons. The number of aliphatic hydroxyl groups excluding tert-OH is 1. The summed E-state index contributed by atoms with van der Waals surface area (Å²) in [5.74, 6) is 1.15. The molecular formula is C15H26N2O3. The van der Waals surface area contributed by atoms with Gasteiger partial charge in [0.05, 0.1) is 12.0 Å². The number of ether oxygens (including phenoxy) is 1. The minimum atomic E-state index is -0.475. The van der Waals surface area contributed by atoms with Gasteiger partial charge in [-0.1, -0.05) is 38.3 Å². The summed E-state index contributed by atoms with van der Waals surface area (Å²) in [5.41, 5.74) is -0.475. The lowest BCUT2D eigenvalue weighted by atomic mass is 9.95. The lowest BCUT2D eigenvalue weighted by Gasteiger charge is -2.26. The number of hydrogen-bond acceptors (Lipinski definition) is 5. The highest BCUT2D eigenvalue weighted by molar-refractivity contribution is 5.05. The lowest BCUT2D eigenvalue weighted by molar-refractivity contribution is -0.0306. The summed E-state index contributed by atoms with van der Waals surface area (Å²) in [6.45, 7) is 4.12. The van der Waals surface area contributed by atoms with Crippen LogP contribution in [0.3, 0.4) is 0 Å². The number of rotatable bonds is 5. The monoisotopic (exact) mass is 282 g/mol. The van der Waals surface area contributed by atoms with E-state index in [1.807, 2.05) is 0 Å². The molecule has 1 aromatic rings. The van der Waals surface area contributed by atoms with Crippen LogP contribution in [0.15, 0.2) is 4.52 Å². The fourth-order valence-corrected chi connectivity index (χ4v) is 3.09. The fourth-order valence-electron chi connectivity index (χ4n) is 3.09. The Morgan fingerprint density at radius 2 is 1.95 bits per heavy atom. The van der Waals surface area contributed by atoms with Gasteiger partial charge in [-0.15, -0.1) is 0 Å². The van der Waals surface area contributed by atoms with Crippen molar-refractivity contribution in [2.75, 3.05) is 7.11 Å². The van der Waals surface area contributed by atoms with Crippen molar-refractivity contribution < 1.29 is 14.4 Å². The predicted molar refractivity (Wildman–Crippen MR) is 75.4 cm³/mol. The second-order valence-corrected chi connectivity index (χ2v) is 5.67. The normalized spacial score (nSPS) is 24.6. The van der Waals surface area contributed by atoms with Crippen molar-refractivity contribution in [1.82, 2.24) is 10.1 Å². The molecule has 0 spiro atoms. The maximum atomic E-state index is 10.2. The Hall–Kier alpha value is -0.940. The quantitative estimate of drug-likeness (QED) is 0.840. The van der Waals surface area contributed by atoms with Crippen LogP contribution < -0.4 is 0 Å². The third-order valence-electron chi connectivity index (χ3n) is 4.68. The van der Waals surface area contributed by atoms with Gasteiger partial charge in [0.25, 0.3) is 0 Å². The van der Waals surface area contributed by atoms with E-state index in [1.165, 1.54) is 6.42 Å². The van der Waals surface area contributed by atoms with Gasteiger partial charge in [-0.2, -0.15) is 4.98 Å². The summed E-state index contributed by atoms with van der Waals surface area (Å²) in [5, 5.41) is 14.3. The molecular weight excluding hydrogens is 256 g/mol. The summed E-state index contributed by atoms with van der Waals surface area (Å²) >= 11 is 0. The maximum absolute atomic E-state index is 10.2. The van der Waals surface area contributed by atoms with Crippen molar-refractivity contribution in [3.05, 3.63) is 11.7 Å². The van der Waals surface area contributed by atoms with Gasteiger partial charge < -0.3 is 14.4 Å². The van der Waals surface area contributed by atoms with Crippen LogP contribution in [0.2, 0.25) is 0 Å². The van der Waals surface area contributed by atoms with E-state index in [1.54, 1.807) is 7.11 Å². The Kier molecular flexibility index (Phi) is 5.16. The highest BCUT2D eigenvalue weighted by Gasteiger charge is 2.36. The molecule has 0 aromatic carbocycles. The van der Waals surface area contributed by atoms with E-state index in [4.69, 9.17) is 9.26 Å². The van der Waals surface area contributed by atoms with Crippen molar-refractivity contribution in [3.63, 3.8) is 0 Å². The van der Waals surface area contributed by atoms with Gasteiger partial charge in [-0.3, -0.25) is 0 Å². The Morgan fingerprint density at radius 1 is 1.25 bits per heavy atom. The summed E-state index contributed by atoms with van der Waals surface area (Å²) in [4.78, 5) is 4.55. The van der Waals surface area contributed by atoms with Gasteiger partial charge in [-0.05, 0) is 25.7 Å². The van der Waals surface area contributed by atoms with E-state index in [2.05, 4.69) is 24.0 Å². The van der Waals surface area contributed by atoms with Gasteiger partial charge in [0, 0.05) is 7.11 Å². The average molecular weight is 282 g/mol. The molecule has 114 valence electrons.